The van der Waals surface area contributed by atoms with Crippen molar-refractivity contribution in [3.05, 3.63) is 12.2 Å². The fourth-order valence-corrected chi connectivity index (χ4v) is 3.40. The minimum absolute atomic E-state index is 0.0661. The van der Waals surface area contributed by atoms with Crippen LogP contribution in [-0.2, 0) is 14.3 Å². The van der Waals surface area contributed by atoms with E-state index < -0.39 is 29.5 Å². The molecular formula is C13H17NO4. The molecule has 0 unspecified atom stereocenters. The van der Waals surface area contributed by atoms with Gasteiger partial charge in [-0.05, 0) is 13.3 Å². The first-order valence-electron chi connectivity index (χ1n) is 6.40. The molecule has 2 fully saturated rings. The Hall–Kier alpha value is -1.36. The van der Waals surface area contributed by atoms with Crippen molar-refractivity contribution in [2.45, 2.75) is 38.0 Å². The van der Waals surface area contributed by atoms with E-state index in [0.717, 1.165) is 6.42 Å². The Labute approximate surface area is 105 Å². The molecule has 2 bridgehead atoms. The summed E-state index contributed by atoms with van der Waals surface area (Å²) >= 11 is 0. The van der Waals surface area contributed by atoms with Gasteiger partial charge in [0.15, 0.2) is 0 Å². The highest BCUT2D eigenvalue weighted by Gasteiger charge is 2.67. The van der Waals surface area contributed by atoms with E-state index >= 15 is 0 Å². The highest BCUT2D eigenvalue weighted by molar-refractivity contribution is 5.90. The number of likely N-dealkylation sites (tertiary alicyclic amines) is 1. The summed E-state index contributed by atoms with van der Waals surface area (Å²) in [6, 6.07) is 0.128. The van der Waals surface area contributed by atoms with E-state index in [0.29, 0.717) is 6.54 Å². The second-order valence-corrected chi connectivity index (χ2v) is 5.46. The molecule has 0 aromatic heterocycles. The van der Waals surface area contributed by atoms with Gasteiger partial charge in [0.25, 0.3) is 0 Å². The van der Waals surface area contributed by atoms with Gasteiger partial charge in [0.2, 0.25) is 5.91 Å². The normalized spacial score (nSPS) is 42.4. The molecule has 0 aliphatic carbocycles. The van der Waals surface area contributed by atoms with Gasteiger partial charge in [-0.2, -0.15) is 0 Å². The number of fused-ring (bicyclic) bond motifs is 1. The van der Waals surface area contributed by atoms with Gasteiger partial charge in [0.05, 0.1) is 18.6 Å². The maximum Gasteiger partial charge on any atom is 0.310 e. The second kappa shape index (κ2) is 3.57. The van der Waals surface area contributed by atoms with Crippen LogP contribution in [0.15, 0.2) is 12.2 Å². The highest BCUT2D eigenvalue weighted by atomic mass is 16.5. The summed E-state index contributed by atoms with van der Waals surface area (Å²) in [4.78, 5) is 25.5. The molecule has 98 valence electrons. The number of ether oxygens (including phenoxy) is 1. The van der Waals surface area contributed by atoms with E-state index in [1.807, 2.05) is 19.9 Å². The molecule has 1 spiro atoms. The SMILES string of the molecule is CC[C@@H](C)N1C[C@@]23C=C[C@H](O2)[C@H](C(=O)O)[C@H]3C1=O. The van der Waals surface area contributed by atoms with Crippen molar-refractivity contribution >= 4 is 11.9 Å². The van der Waals surface area contributed by atoms with Crippen molar-refractivity contribution in [2.24, 2.45) is 11.8 Å². The van der Waals surface area contributed by atoms with E-state index in [1.165, 1.54) is 0 Å². The van der Waals surface area contributed by atoms with E-state index in [4.69, 9.17) is 4.74 Å². The molecule has 18 heavy (non-hydrogen) atoms. The molecule has 0 radical (unpaired) electrons. The number of amides is 1. The minimum Gasteiger partial charge on any atom is -0.481 e. The van der Waals surface area contributed by atoms with Crippen LogP contribution >= 0.6 is 0 Å². The van der Waals surface area contributed by atoms with E-state index in [9.17, 15) is 14.7 Å². The van der Waals surface area contributed by atoms with Crippen LogP contribution in [0.4, 0.5) is 0 Å². The summed E-state index contributed by atoms with van der Waals surface area (Å²) in [5.41, 5.74) is -0.686. The first kappa shape index (κ1) is 11.7. The number of carboxylic acid groups (broad SMARTS) is 1. The zero-order valence-corrected chi connectivity index (χ0v) is 10.5. The fraction of sp³-hybridized carbons (Fsp3) is 0.692. The fourth-order valence-electron chi connectivity index (χ4n) is 3.40. The predicted octanol–water partition coefficient (Wildman–Crippen LogP) is 0.651. The average molecular weight is 251 g/mol. The first-order valence-corrected chi connectivity index (χ1v) is 6.40. The van der Waals surface area contributed by atoms with Crippen LogP contribution in [0.2, 0.25) is 0 Å². The number of hydrogen-bond acceptors (Lipinski definition) is 3. The number of carboxylic acids is 1. The number of nitrogens with zero attached hydrogens (tertiary/aromatic N) is 1. The topological polar surface area (TPSA) is 66.8 Å². The van der Waals surface area contributed by atoms with Crippen LogP contribution in [0.5, 0.6) is 0 Å². The largest absolute Gasteiger partial charge is 0.481 e. The number of carbonyl (C=O) groups excluding carboxylic acids is 1. The lowest BCUT2D eigenvalue weighted by molar-refractivity contribution is -0.148. The molecule has 2 saturated heterocycles. The Balaban J connectivity index is 1.97. The van der Waals surface area contributed by atoms with Crippen molar-refractivity contribution in [3.8, 4) is 0 Å². The Morgan fingerprint density at radius 1 is 1.72 bits per heavy atom. The molecular weight excluding hydrogens is 234 g/mol. The van der Waals surface area contributed by atoms with Crippen molar-refractivity contribution in [2.75, 3.05) is 6.54 Å². The lowest BCUT2D eigenvalue weighted by Crippen LogP contribution is -2.40. The zero-order chi connectivity index (χ0) is 13.1. The van der Waals surface area contributed by atoms with Crippen molar-refractivity contribution in [1.82, 2.24) is 4.90 Å². The molecule has 3 aliphatic rings. The Kier molecular flexibility index (Phi) is 2.32. The molecule has 1 N–H and O–H groups in total. The number of rotatable bonds is 3. The quantitative estimate of drug-likeness (QED) is 0.748. The van der Waals surface area contributed by atoms with Crippen LogP contribution in [-0.4, -0.2) is 46.2 Å². The minimum atomic E-state index is -0.935. The third-order valence-electron chi connectivity index (χ3n) is 4.54. The molecule has 3 heterocycles. The standard InChI is InChI=1S/C13H17NO4/c1-3-7(2)14-6-13-5-4-8(18-13)9(12(16)17)10(13)11(14)15/h4-5,7-10H,3,6H2,1-2H3,(H,16,17)/t7-,8+,9+,10+,13-/m1/s1. The van der Waals surface area contributed by atoms with Crippen molar-refractivity contribution < 1.29 is 19.4 Å². The second-order valence-electron chi connectivity index (χ2n) is 5.46. The van der Waals surface area contributed by atoms with Gasteiger partial charge in [-0.25, -0.2) is 0 Å². The van der Waals surface area contributed by atoms with Gasteiger partial charge >= 0.3 is 5.97 Å². The number of aliphatic carboxylic acids is 1. The number of hydrogen-bond donors (Lipinski definition) is 1. The molecule has 0 aromatic carbocycles. The summed E-state index contributed by atoms with van der Waals surface area (Å²) < 4.78 is 5.80. The monoisotopic (exact) mass is 251 g/mol. The van der Waals surface area contributed by atoms with Gasteiger partial charge in [0, 0.05) is 6.04 Å². The smallest absolute Gasteiger partial charge is 0.310 e. The molecule has 0 aromatic rings. The summed E-state index contributed by atoms with van der Waals surface area (Å²) in [5.74, 6) is -2.27. The summed E-state index contributed by atoms with van der Waals surface area (Å²) in [6.45, 7) is 4.50. The maximum atomic E-state index is 12.4. The zero-order valence-electron chi connectivity index (χ0n) is 10.5. The Bertz CT molecular complexity index is 446. The van der Waals surface area contributed by atoms with Gasteiger partial charge in [-0.3, -0.25) is 9.59 Å². The average Bonchev–Trinajstić information content (AvgIpc) is 2.96. The molecule has 1 amide bonds. The van der Waals surface area contributed by atoms with Crippen LogP contribution in [0, 0.1) is 11.8 Å². The van der Waals surface area contributed by atoms with Gasteiger partial charge in [-0.1, -0.05) is 19.1 Å². The summed E-state index contributed by atoms with van der Waals surface area (Å²) in [5, 5.41) is 9.29. The lowest BCUT2D eigenvalue weighted by Gasteiger charge is -2.26. The summed E-state index contributed by atoms with van der Waals surface area (Å²) in [6.07, 6.45) is 4.11. The third kappa shape index (κ3) is 1.25. The first-order chi connectivity index (χ1) is 8.50. The molecule has 3 aliphatic heterocycles. The van der Waals surface area contributed by atoms with E-state index in [-0.39, 0.29) is 11.9 Å². The van der Waals surface area contributed by atoms with Crippen LogP contribution in [0.1, 0.15) is 20.3 Å². The summed E-state index contributed by atoms with van der Waals surface area (Å²) in [7, 11) is 0. The van der Waals surface area contributed by atoms with Gasteiger partial charge in [-0.15, -0.1) is 0 Å². The van der Waals surface area contributed by atoms with Crippen LogP contribution < -0.4 is 0 Å². The number of carbonyl (C=O) groups is 2. The van der Waals surface area contributed by atoms with Crippen molar-refractivity contribution in [1.29, 1.82) is 0 Å². The maximum absolute atomic E-state index is 12.4. The van der Waals surface area contributed by atoms with E-state index in [2.05, 4.69) is 0 Å². The predicted molar refractivity (Wildman–Crippen MR) is 62.8 cm³/mol. The molecule has 5 atom stereocenters. The van der Waals surface area contributed by atoms with Gasteiger partial charge < -0.3 is 14.7 Å². The third-order valence-corrected chi connectivity index (χ3v) is 4.54. The van der Waals surface area contributed by atoms with Crippen LogP contribution in [0.3, 0.4) is 0 Å². The molecule has 0 saturated carbocycles. The molecule has 5 heteroatoms. The Morgan fingerprint density at radius 2 is 2.44 bits per heavy atom. The lowest BCUT2D eigenvalue weighted by atomic mass is 9.77. The molecule has 3 rings (SSSR count). The van der Waals surface area contributed by atoms with Crippen molar-refractivity contribution in [3.63, 3.8) is 0 Å². The van der Waals surface area contributed by atoms with Gasteiger partial charge in [0.1, 0.15) is 11.5 Å². The van der Waals surface area contributed by atoms with Crippen LogP contribution in [0.25, 0.3) is 0 Å². The Morgan fingerprint density at radius 3 is 3.06 bits per heavy atom. The van der Waals surface area contributed by atoms with E-state index in [1.54, 1.807) is 11.0 Å². The molecule has 5 nitrogen and oxygen atoms in total. The highest BCUT2D eigenvalue weighted by Crippen LogP contribution is 2.52.